The first-order valence-electron chi connectivity index (χ1n) is 9.08. The molecule has 1 aliphatic rings. The number of hydrogen-bond acceptors (Lipinski definition) is 4. The highest BCUT2D eigenvalue weighted by Crippen LogP contribution is 2.46. The zero-order chi connectivity index (χ0) is 18.6. The van der Waals surface area contributed by atoms with Crippen molar-refractivity contribution in [1.29, 1.82) is 0 Å². The number of phenolic OH excluding ortho intramolecular Hbond substituents is 2. The van der Waals surface area contributed by atoms with Crippen LogP contribution in [0.1, 0.15) is 56.6 Å². The molecule has 0 spiro atoms. The van der Waals surface area contributed by atoms with Crippen LogP contribution in [0.4, 0.5) is 0 Å². The first-order valence-corrected chi connectivity index (χ1v) is 9.08. The molecule has 1 aromatic rings. The van der Waals surface area contributed by atoms with Gasteiger partial charge in [-0.3, -0.25) is 0 Å². The fraction of sp³-hybridized carbons (Fsp3) is 0.524. The fourth-order valence-electron chi connectivity index (χ4n) is 3.69. The largest absolute Gasteiger partial charge is 0.507 e. The van der Waals surface area contributed by atoms with Gasteiger partial charge in [-0.25, -0.2) is 0 Å². The number of aryl methyl sites for hydroxylation is 1. The summed E-state index contributed by atoms with van der Waals surface area (Å²) >= 11 is 0. The SMILES string of the molecule is C=C(C)[C@@H]1CC(O)C(CO)=C[C@H]1c1c(O)cc(CCCCC)cc1O. The molecule has 0 aromatic heterocycles. The van der Waals surface area contributed by atoms with Gasteiger partial charge in [0.2, 0.25) is 0 Å². The van der Waals surface area contributed by atoms with E-state index < -0.39 is 6.10 Å². The molecule has 0 radical (unpaired) electrons. The van der Waals surface area contributed by atoms with Gasteiger partial charge in [-0.15, -0.1) is 0 Å². The summed E-state index contributed by atoms with van der Waals surface area (Å²) in [5, 5.41) is 40.8. The predicted molar refractivity (Wildman–Crippen MR) is 99.8 cm³/mol. The quantitative estimate of drug-likeness (QED) is 0.447. The van der Waals surface area contributed by atoms with E-state index in [1.807, 2.05) is 6.92 Å². The van der Waals surface area contributed by atoms with Crippen molar-refractivity contribution in [3.8, 4) is 11.5 Å². The summed E-state index contributed by atoms with van der Waals surface area (Å²) < 4.78 is 0. The lowest BCUT2D eigenvalue weighted by Crippen LogP contribution is -2.28. The van der Waals surface area contributed by atoms with Crippen molar-refractivity contribution in [3.05, 3.63) is 47.1 Å². The van der Waals surface area contributed by atoms with Crippen LogP contribution >= 0.6 is 0 Å². The minimum absolute atomic E-state index is 0.0627. The van der Waals surface area contributed by atoms with Crippen LogP contribution in [0.15, 0.2) is 35.9 Å². The Morgan fingerprint density at radius 1 is 1.20 bits per heavy atom. The van der Waals surface area contributed by atoms with E-state index in [1.54, 1.807) is 18.2 Å². The summed E-state index contributed by atoms with van der Waals surface area (Å²) in [7, 11) is 0. The molecular weight excluding hydrogens is 316 g/mol. The highest BCUT2D eigenvalue weighted by atomic mass is 16.3. The van der Waals surface area contributed by atoms with Gasteiger partial charge in [-0.05, 0) is 55.4 Å². The Hall–Kier alpha value is -1.78. The Morgan fingerprint density at radius 2 is 1.84 bits per heavy atom. The molecule has 3 atom stereocenters. The first-order chi connectivity index (χ1) is 11.9. The van der Waals surface area contributed by atoms with Crippen LogP contribution in [0.2, 0.25) is 0 Å². The van der Waals surface area contributed by atoms with Gasteiger partial charge in [0.25, 0.3) is 0 Å². The molecule has 25 heavy (non-hydrogen) atoms. The maximum Gasteiger partial charge on any atom is 0.123 e. The smallest absolute Gasteiger partial charge is 0.123 e. The lowest BCUT2D eigenvalue weighted by atomic mass is 9.72. The number of rotatable bonds is 7. The molecule has 138 valence electrons. The molecule has 1 aliphatic carbocycles. The number of benzene rings is 1. The molecule has 0 heterocycles. The van der Waals surface area contributed by atoms with Gasteiger partial charge >= 0.3 is 0 Å². The molecule has 0 aliphatic heterocycles. The van der Waals surface area contributed by atoms with Gasteiger partial charge in [0.1, 0.15) is 11.5 Å². The Labute approximate surface area is 150 Å². The van der Waals surface area contributed by atoms with Crippen molar-refractivity contribution in [1.82, 2.24) is 0 Å². The number of aliphatic hydroxyl groups excluding tert-OH is 2. The molecule has 1 aromatic carbocycles. The van der Waals surface area contributed by atoms with Crippen molar-refractivity contribution in [2.24, 2.45) is 5.92 Å². The van der Waals surface area contributed by atoms with Gasteiger partial charge in [-0.1, -0.05) is 38.0 Å². The van der Waals surface area contributed by atoms with Crippen molar-refractivity contribution in [2.45, 2.75) is 58.0 Å². The van der Waals surface area contributed by atoms with Crippen LogP contribution in [0.25, 0.3) is 0 Å². The van der Waals surface area contributed by atoms with E-state index in [2.05, 4.69) is 13.5 Å². The van der Waals surface area contributed by atoms with Crippen molar-refractivity contribution in [3.63, 3.8) is 0 Å². The fourth-order valence-corrected chi connectivity index (χ4v) is 3.69. The number of aromatic hydroxyl groups is 2. The third-order valence-electron chi connectivity index (χ3n) is 5.15. The molecule has 2 rings (SSSR count). The van der Waals surface area contributed by atoms with E-state index in [0.29, 0.717) is 17.6 Å². The minimum Gasteiger partial charge on any atom is -0.507 e. The van der Waals surface area contributed by atoms with Crippen molar-refractivity contribution in [2.75, 3.05) is 6.61 Å². The van der Waals surface area contributed by atoms with Crippen LogP contribution in [0.5, 0.6) is 11.5 Å². The molecule has 4 N–H and O–H groups in total. The average Bonchev–Trinajstić information content (AvgIpc) is 2.55. The average molecular weight is 346 g/mol. The summed E-state index contributed by atoms with van der Waals surface area (Å²) in [5.41, 5.74) is 2.77. The lowest BCUT2D eigenvalue weighted by molar-refractivity contribution is 0.149. The third kappa shape index (κ3) is 4.44. The first kappa shape index (κ1) is 19.5. The second kappa shape index (κ2) is 8.54. The number of allylic oxidation sites excluding steroid dienone is 2. The van der Waals surface area contributed by atoms with Crippen LogP contribution in [-0.4, -0.2) is 33.1 Å². The second-order valence-electron chi connectivity index (χ2n) is 7.13. The van der Waals surface area contributed by atoms with Gasteiger partial charge < -0.3 is 20.4 Å². The van der Waals surface area contributed by atoms with E-state index in [9.17, 15) is 20.4 Å². The monoisotopic (exact) mass is 346 g/mol. The summed E-state index contributed by atoms with van der Waals surface area (Å²) in [4.78, 5) is 0. The van der Waals surface area contributed by atoms with Crippen LogP contribution < -0.4 is 0 Å². The van der Waals surface area contributed by atoms with Crippen LogP contribution in [0.3, 0.4) is 0 Å². The predicted octanol–water partition coefficient (Wildman–Crippen LogP) is 3.79. The van der Waals surface area contributed by atoms with Crippen LogP contribution in [-0.2, 0) is 6.42 Å². The molecule has 0 bridgehead atoms. The number of hydrogen-bond donors (Lipinski definition) is 4. The minimum atomic E-state index is -0.722. The highest BCUT2D eigenvalue weighted by molar-refractivity contribution is 5.52. The van der Waals surface area contributed by atoms with Crippen LogP contribution in [0, 0.1) is 5.92 Å². The molecule has 0 fully saturated rings. The van der Waals surface area contributed by atoms with E-state index in [4.69, 9.17) is 0 Å². The molecule has 0 saturated heterocycles. The normalized spacial score (nSPS) is 23.4. The Kier molecular flexibility index (Phi) is 6.68. The summed E-state index contributed by atoms with van der Waals surface area (Å²) in [6.45, 7) is 7.78. The standard InChI is InChI=1S/C21H30O4/c1-4-5-6-7-14-8-19(24)21(20(25)9-14)17-10-15(12-22)18(23)11-16(17)13(2)3/h8-10,16-18,22-25H,2,4-7,11-12H2,1,3H3/t16-,17+,18?/m0/s1. The van der Waals surface area contributed by atoms with Crippen molar-refractivity contribution >= 4 is 0 Å². The summed E-state index contributed by atoms with van der Waals surface area (Å²) in [6.07, 6.45) is 5.54. The molecule has 0 amide bonds. The maximum absolute atomic E-state index is 10.6. The number of phenols is 2. The molecule has 1 unspecified atom stereocenters. The Morgan fingerprint density at radius 3 is 2.36 bits per heavy atom. The van der Waals surface area contributed by atoms with Gasteiger partial charge in [0, 0.05) is 11.5 Å². The summed E-state index contributed by atoms with van der Waals surface area (Å²) in [5.74, 6) is -0.291. The van der Waals surface area contributed by atoms with Gasteiger partial charge in [0.15, 0.2) is 0 Å². The summed E-state index contributed by atoms with van der Waals surface area (Å²) in [6, 6.07) is 3.44. The number of aliphatic hydroxyl groups is 2. The molecular formula is C21H30O4. The molecule has 0 saturated carbocycles. The van der Waals surface area contributed by atoms with E-state index in [0.717, 1.165) is 36.8 Å². The Bertz CT molecular complexity index is 624. The van der Waals surface area contributed by atoms with E-state index >= 15 is 0 Å². The van der Waals surface area contributed by atoms with E-state index in [-0.39, 0.29) is 29.9 Å². The lowest BCUT2D eigenvalue weighted by Gasteiger charge is -2.34. The number of unbranched alkanes of at least 4 members (excludes halogenated alkanes) is 2. The zero-order valence-electron chi connectivity index (χ0n) is 15.2. The topological polar surface area (TPSA) is 80.9 Å². The Balaban J connectivity index is 2.40. The van der Waals surface area contributed by atoms with Gasteiger partial charge in [-0.2, -0.15) is 0 Å². The third-order valence-corrected chi connectivity index (χ3v) is 5.15. The van der Waals surface area contributed by atoms with Crippen molar-refractivity contribution < 1.29 is 20.4 Å². The molecule has 4 heteroatoms. The second-order valence-corrected chi connectivity index (χ2v) is 7.13. The molecule has 4 nitrogen and oxygen atoms in total. The maximum atomic E-state index is 10.6. The highest BCUT2D eigenvalue weighted by Gasteiger charge is 2.34. The van der Waals surface area contributed by atoms with E-state index in [1.165, 1.54) is 0 Å². The van der Waals surface area contributed by atoms with Gasteiger partial charge in [0.05, 0.1) is 12.7 Å². The zero-order valence-corrected chi connectivity index (χ0v) is 15.2.